The number of benzene rings is 2. The quantitative estimate of drug-likeness (QED) is 0.516. The second kappa shape index (κ2) is 9.91. The van der Waals surface area contributed by atoms with Gasteiger partial charge in [0.1, 0.15) is 11.5 Å². The third-order valence-electron chi connectivity index (χ3n) is 5.01. The normalized spacial score (nSPS) is 12.5. The fourth-order valence-corrected chi connectivity index (χ4v) is 3.37. The van der Waals surface area contributed by atoms with Gasteiger partial charge in [0, 0.05) is 36.6 Å². The highest BCUT2D eigenvalue weighted by Crippen LogP contribution is 2.27. The van der Waals surface area contributed by atoms with Crippen LogP contribution in [0, 0.1) is 6.92 Å². The molecule has 2 heterocycles. The van der Waals surface area contributed by atoms with Crippen LogP contribution >= 0.6 is 0 Å². The molecule has 0 atom stereocenters. The van der Waals surface area contributed by atoms with Crippen LogP contribution in [0.25, 0.3) is 0 Å². The van der Waals surface area contributed by atoms with E-state index in [1.54, 1.807) is 30.6 Å². The first-order valence-electron chi connectivity index (χ1n) is 10.5. The molecule has 0 spiro atoms. The van der Waals surface area contributed by atoms with Gasteiger partial charge in [-0.1, -0.05) is 0 Å². The molecule has 32 heavy (non-hydrogen) atoms. The number of hydrogen-bond acceptors (Lipinski definition) is 6. The third-order valence-corrected chi connectivity index (χ3v) is 5.01. The zero-order chi connectivity index (χ0) is 22.3. The van der Waals surface area contributed by atoms with E-state index in [1.165, 1.54) is 0 Å². The fourth-order valence-electron chi connectivity index (χ4n) is 3.37. The van der Waals surface area contributed by atoms with Crippen LogP contribution in [0.3, 0.4) is 0 Å². The number of rotatable bonds is 8. The van der Waals surface area contributed by atoms with E-state index >= 15 is 0 Å². The molecule has 1 aliphatic heterocycles. The van der Waals surface area contributed by atoms with Crippen LogP contribution in [0.5, 0.6) is 17.5 Å². The predicted molar refractivity (Wildman–Crippen MR) is 120 cm³/mol. The van der Waals surface area contributed by atoms with Gasteiger partial charge in [-0.25, -0.2) is 9.97 Å². The van der Waals surface area contributed by atoms with E-state index in [-0.39, 0.29) is 17.8 Å². The molecule has 1 aliphatic rings. The number of aromatic nitrogens is 2. The second-order valence-electron chi connectivity index (χ2n) is 7.48. The Morgan fingerprint density at radius 3 is 2.72 bits per heavy atom. The van der Waals surface area contributed by atoms with Gasteiger partial charge in [0.15, 0.2) is 0 Å². The maximum atomic E-state index is 12.3. The summed E-state index contributed by atoms with van der Waals surface area (Å²) in [7, 11) is 0. The average molecular weight is 432 g/mol. The SMILES string of the molecule is Cc1cc(Oc2ncccn2)ccc1NC(=O)CCCOc1ccc2c(c1)CCC(=O)N2. The van der Waals surface area contributed by atoms with E-state index in [1.807, 2.05) is 31.2 Å². The first-order valence-corrected chi connectivity index (χ1v) is 10.5. The minimum atomic E-state index is -0.0788. The Morgan fingerprint density at radius 1 is 1.09 bits per heavy atom. The zero-order valence-electron chi connectivity index (χ0n) is 17.8. The number of hydrogen-bond donors (Lipinski definition) is 2. The first-order chi connectivity index (χ1) is 15.6. The van der Waals surface area contributed by atoms with Crippen LogP contribution in [-0.2, 0) is 16.0 Å². The van der Waals surface area contributed by atoms with Gasteiger partial charge in [0.2, 0.25) is 11.8 Å². The Kier molecular flexibility index (Phi) is 6.60. The largest absolute Gasteiger partial charge is 0.494 e. The molecule has 0 aliphatic carbocycles. The Morgan fingerprint density at radius 2 is 1.91 bits per heavy atom. The molecule has 0 saturated heterocycles. The number of ether oxygens (including phenoxy) is 2. The lowest BCUT2D eigenvalue weighted by atomic mass is 10.0. The van der Waals surface area contributed by atoms with E-state index < -0.39 is 0 Å². The number of nitrogens with zero attached hydrogens (tertiary/aromatic N) is 2. The van der Waals surface area contributed by atoms with E-state index in [9.17, 15) is 9.59 Å². The summed E-state index contributed by atoms with van der Waals surface area (Å²) >= 11 is 0. The molecule has 164 valence electrons. The predicted octanol–water partition coefficient (Wildman–Crippen LogP) is 4.26. The molecule has 0 bridgehead atoms. The van der Waals surface area contributed by atoms with Crippen molar-refractivity contribution < 1.29 is 19.1 Å². The highest BCUT2D eigenvalue weighted by Gasteiger charge is 2.15. The van der Waals surface area contributed by atoms with E-state index in [0.717, 1.165) is 28.3 Å². The Balaban J connectivity index is 1.22. The van der Waals surface area contributed by atoms with Gasteiger partial charge in [-0.2, -0.15) is 0 Å². The number of carbonyl (C=O) groups excluding carboxylic acids is 2. The lowest BCUT2D eigenvalue weighted by molar-refractivity contribution is -0.117. The third kappa shape index (κ3) is 5.60. The van der Waals surface area contributed by atoms with Crippen molar-refractivity contribution >= 4 is 23.2 Å². The number of fused-ring (bicyclic) bond motifs is 1. The zero-order valence-corrected chi connectivity index (χ0v) is 17.8. The first kappa shape index (κ1) is 21.3. The molecule has 2 amide bonds. The smallest absolute Gasteiger partial charge is 0.321 e. The van der Waals surface area contributed by atoms with Crippen molar-refractivity contribution in [1.82, 2.24) is 9.97 Å². The summed E-state index contributed by atoms with van der Waals surface area (Å²) in [6.45, 7) is 2.33. The van der Waals surface area contributed by atoms with Crippen LogP contribution in [-0.4, -0.2) is 28.4 Å². The maximum Gasteiger partial charge on any atom is 0.321 e. The van der Waals surface area contributed by atoms with Crippen molar-refractivity contribution in [1.29, 1.82) is 0 Å². The Hall–Kier alpha value is -3.94. The molecule has 4 rings (SSSR count). The number of amides is 2. The van der Waals surface area contributed by atoms with Crippen LogP contribution in [0.4, 0.5) is 11.4 Å². The van der Waals surface area contributed by atoms with Crippen LogP contribution < -0.4 is 20.1 Å². The summed E-state index contributed by atoms with van der Waals surface area (Å²) in [4.78, 5) is 31.8. The van der Waals surface area contributed by atoms with Gasteiger partial charge in [-0.15, -0.1) is 0 Å². The summed E-state index contributed by atoms with van der Waals surface area (Å²) < 4.78 is 11.4. The summed E-state index contributed by atoms with van der Waals surface area (Å²) in [6, 6.07) is 13.0. The minimum Gasteiger partial charge on any atom is -0.494 e. The van der Waals surface area contributed by atoms with Crippen molar-refractivity contribution in [3.05, 3.63) is 66.0 Å². The molecule has 2 aromatic carbocycles. The van der Waals surface area contributed by atoms with Crippen molar-refractivity contribution in [2.75, 3.05) is 17.2 Å². The lowest BCUT2D eigenvalue weighted by Crippen LogP contribution is -2.18. The van der Waals surface area contributed by atoms with E-state index in [0.29, 0.717) is 38.0 Å². The fraction of sp³-hybridized carbons (Fsp3) is 0.250. The highest BCUT2D eigenvalue weighted by atomic mass is 16.5. The molecular formula is C24H24N4O4. The lowest BCUT2D eigenvalue weighted by Gasteiger charge is -2.17. The standard InChI is InChI=1S/C24H24N4O4/c1-16-14-19(32-24-25-11-3-12-26-24)7-8-20(16)27-22(29)4-2-13-31-18-6-9-21-17(15-18)5-10-23(30)28-21/h3,6-9,11-12,14-15H,2,4-5,10,13H2,1H3,(H,27,29)(H,28,30). The number of carbonyl (C=O) groups is 2. The molecular weight excluding hydrogens is 408 g/mol. The second-order valence-corrected chi connectivity index (χ2v) is 7.48. The highest BCUT2D eigenvalue weighted by molar-refractivity contribution is 5.94. The van der Waals surface area contributed by atoms with Crippen LogP contribution in [0.1, 0.15) is 30.4 Å². The average Bonchev–Trinajstić information content (AvgIpc) is 2.79. The van der Waals surface area contributed by atoms with Crippen molar-refractivity contribution in [3.63, 3.8) is 0 Å². The van der Waals surface area contributed by atoms with Gasteiger partial charge in [-0.3, -0.25) is 9.59 Å². The summed E-state index contributed by atoms with van der Waals surface area (Å²) in [5, 5.41) is 5.77. The summed E-state index contributed by atoms with van der Waals surface area (Å²) in [5.74, 6) is 1.31. The van der Waals surface area contributed by atoms with Crippen molar-refractivity contribution in [2.45, 2.75) is 32.6 Å². The van der Waals surface area contributed by atoms with Crippen LogP contribution in [0.2, 0.25) is 0 Å². The molecule has 0 fully saturated rings. The number of aryl methyl sites for hydroxylation is 2. The van der Waals surface area contributed by atoms with Crippen LogP contribution in [0.15, 0.2) is 54.9 Å². The Labute approximate surface area is 186 Å². The number of nitrogens with one attached hydrogen (secondary N) is 2. The topological polar surface area (TPSA) is 102 Å². The molecule has 3 aromatic rings. The van der Waals surface area contributed by atoms with E-state index in [4.69, 9.17) is 9.47 Å². The Bertz CT molecular complexity index is 1120. The molecule has 0 saturated carbocycles. The van der Waals surface area contributed by atoms with Gasteiger partial charge in [-0.05, 0) is 73.4 Å². The molecule has 8 heteroatoms. The minimum absolute atomic E-state index is 0.0415. The molecule has 0 radical (unpaired) electrons. The van der Waals surface area contributed by atoms with Gasteiger partial charge in [0.05, 0.1) is 6.61 Å². The summed E-state index contributed by atoms with van der Waals surface area (Å²) in [5.41, 5.74) is 3.52. The molecule has 1 aromatic heterocycles. The van der Waals surface area contributed by atoms with Gasteiger partial charge < -0.3 is 20.1 Å². The molecule has 8 nitrogen and oxygen atoms in total. The maximum absolute atomic E-state index is 12.3. The molecule has 2 N–H and O–H groups in total. The van der Waals surface area contributed by atoms with Crippen molar-refractivity contribution in [2.24, 2.45) is 0 Å². The molecule has 0 unspecified atom stereocenters. The summed E-state index contributed by atoms with van der Waals surface area (Å²) in [6.07, 6.45) is 5.35. The van der Waals surface area contributed by atoms with E-state index in [2.05, 4.69) is 20.6 Å². The van der Waals surface area contributed by atoms with Gasteiger partial charge >= 0.3 is 6.01 Å². The van der Waals surface area contributed by atoms with Crippen molar-refractivity contribution in [3.8, 4) is 17.5 Å². The number of anilines is 2. The monoisotopic (exact) mass is 432 g/mol. The van der Waals surface area contributed by atoms with Gasteiger partial charge in [0.25, 0.3) is 0 Å².